The van der Waals surface area contributed by atoms with Crippen molar-refractivity contribution in [3.05, 3.63) is 65.2 Å². The molecule has 0 aromatic heterocycles. The molecular weight excluding hydrogens is 517 g/mol. The van der Waals surface area contributed by atoms with Gasteiger partial charge in [0.05, 0.1) is 5.56 Å². The van der Waals surface area contributed by atoms with Gasteiger partial charge >= 0.3 is 5.97 Å². The molecule has 1 fully saturated rings. The van der Waals surface area contributed by atoms with Crippen LogP contribution in [-0.2, 0) is 9.67 Å². The number of benzene rings is 2. The van der Waals surface area contributed by atoms with Crippen LogP contribution in [0.4, 0.5) is 0 Å². The Balaban J connectivity index is 1.51. The Morgan fingerprint density at radius 2 is 1.66 bits per heavy atom. The second-order valence-electron chi connectivity index (χ2n) is 8.52. The minimum atomic E-state index is -0.365. The molecule has 6 heteroatoms. The fourth-order valence-corrected chi connectivity index (χ4v) is 4.40. The number of ketones is 1. The molecule has 0 N–H and O–H groups in total. The number of Topliss-reactive ketones (excluding diaryl/α,β-unsaturated/α-hetero) is 1. The summed E-state index contributed by atoms with van der Waals surface area (Å²) in [5.74, 6) is 1.01. The van der Waals surface area contributed by atoms with E-state index >= 15 is 0 Å². The molecule has 0 saturated carbocycles. The third kappa shape index (κ3) is 7.59. The smallest absolute Gasteiger partial charge is 0.347 e. The first-order valence-electron chi connectivity index (χ1n) is 11.5. The first-order chi connectivity index (χ1) is 15.6. The average molecular weight is 549 g/mol. The number of hydrogen-bond donors (Lipinski definition) is 0. The van der Waals surface area contributed by atoms with Gasteiger partial charge in [-0.05, 0) is 80.2 Å². The first-order valence-corrected chi connectivity index (χ1v) is 12.4. The van der Waals surface area contributed by atoms with Crippen LogP contribution in [0.25, 0.3) is 0 Å². The number of likely N-dealkylation sites (tertiary alicyclic amines) is 1. The van der Waals surface area contributed by atoms with E-state index in [9.17, 15) is 9.59 Å². The first kappa shape index (κ1) is 24.7. The molecule has 0 bridgehead atoms. The summed E-state index contributed by atoms with van der Waals surface area (Å²) in [6.45, 7) is 5.99. The van der Waals surface area contributed by atoms with E-state index in [1.165, 1.54) is 38.8 Å². The van der Waals surface area contributed by atoms with Crippen molar-refractivity contribution in [1.82, 2.24) is 4.90 Å². The van der Waals surface area contributed by atoms with Crippen LogP contribution in [0.15, 0.2) is 48.5 Å². The quantitative estimate of drug-likeness (QED) is 0.232. The Bertz CT molecular complexity index is 860. The minimum Gasteiger partial charge on any atom is -0.489 e. The summed E-state index contributed by atoms with van der Waals surface area (Å²) in [6, 6.07) is 14.6. The summed E-state index contributed by atoms with van der Waals surface area (Å²) in [6.07, 6.45) is 6.65. The van der Waals surface area contributed by atoms with Crippen LogP contribution in [0, 0.1) is 5.92 Å². The third-order valence-corrected chi connectivity index (χ3v) is 6.40. The van der Waals surface area contributed by atoms with E-state index in [1.807, 2.05) is 36.4 Å². The Hall–Kier alpha value is -1.93. The fraction of sp³-hybridized carbons (Fsp3) is 0.462. The number of hydrogen-bond acceptors (Lipinski definition) is 5. The zero-order valence-electron chi connectivity index (χ0n) is 18.7. The van der Waals surface area contributed by atoms with Crippen molar-refractivity contribution < 1.29 is 17.4 Å². The van der Waals surface area contributed by atoms with Gasteiger partial charge < -0.3 is 12.7 Å². The highest BCUT2D eigenvalue weighted by atomic mass is 127. The van der Waals surface area contributed by atoms with Crippen molar-refractivity contribution in [2.45, 2.75) is 52.1 Å². The average Bonchev–Trinajstić information content (AvgIpc) is 3.34. The number of ether oxygens (including phenoxy) is 1. The van der Waals surface area contributed by atoms with Gasteiger partial charge in [0.2, 0.25) is 0 Å². The molecule has 1 aliphatic rings. The monoisotopic (exact) mass is 549 g/mol. The summed E-state index contributed by atoms with van der Waals surface area (Å²) in [5.41, 5.74) is 2.21. The van der Waals surface area contributed by atoms with Gasteiger partial charge in [0.15, 0.2) is 28.8 Å². The van der Waals surface area contributed by atoms with Gasteiger partial charge in [0.25, 0.3) is 0 Å². The molecule has 1 aliphatic heterocycles. The van der Waals surface area contributed by atoms with Gasteiger partial charge in [0.1, 0.15) is 12.4 Å². The molecule has 5 nitrogen and oxygen atoms in total. The van der Waals surface area contributed by atoms with Crippen molar-refractivity contribution in [2.24, 2.45) is 5.92 Å². The van der Waals surface area contributed by atoms with E-state index < -0.39 is 0 Å². The van der Waals surface area contributed by atoms with E-state index in [2.05, 4.69) is 14.9 Å². The Morgan fingerprint density at radius 1 is 1.00 bits per heavy atom. The zero-order valence-corrected chi connectivity index (χ0v) is 20.9. The van der Waals surface area contributed by atoms with Gasteiger partial charge in [-0.15, -0.1) is 0 Å². The highest BCUT2D eigenvalue weighted by molar-refractivity contribution is 14.1. The number of rotatable bonds is 12. The lowest BCUT2D eigenvalue weighted by Crippen LogP contribution is -2.28. The molecule has 0 radical (unpaired) electrons. The molecule has 1 unspecified atom stereocenters. The highest BCUT2D eigenvalue weighted by Crippen LogP contribution is 2.22. The van der Waals surface area contributed by atoms with Crippen molar-refractivity contribution >= 4 is 34.8 Å². The maximum atomic E-state index is 12.9. The number of carbonyl (C=O) groups is 2. The predicted molar refractivity (Wildman–Crippen MR) is 134 cm³/mol. The Kier molecular flexibility index (Phi) is 9.99. The summed E-state index contributed by atoms with van der Waals surface area (Å²) in [4.78, 5) is 26.9. The Morgan fingerprint density at radius 3 is 2.28 bits per heavy atom. The minimum absolute atomic E-state index is 0.217. The molecule has 1 heterocycles. The number of carbonyl (C=O) groups excluding carboxylic acids is 2. The second-order valence-corrected chi connectivity index (χ2v) is 8.96. The summed E-state index contributed by atoms with van der Waals surface area (Å²) in [7, 11) is 0. The number of nitrogens with zero attached hydrogens (tertiary/aromatic N) is 1. The van der Waals surface area contributed by atoms with E-state index in [0.717, 1.165) is 29.8 Å². The van der Waals surface area contributed by atoms with E-state index in [4.69, 9.17) is 4.74 Å². The molecule has 32 heavy (non-hydrogen) atoms. The summed E-state index contributed by atoms with van der Waals surface area (Å²) >= 11 is 1.58. The van der Waals surface area contributed by atoms with Crippen LogP contribution >= 0.6 is 23.0 Å². The standard InChI is InChI=1S/C26H32INO4/c1-2-3-6-21(18-28-15-4-5-16-28)17-25(29)22-11-13-24(14-12-22)31-19-20-7-9-23(10-8-20)26(30)32-27/h7-14,21H,2-6,15-19H2,1H3. The molecule has 1 atom stereocenters. The van der Waals surface area contributed by atoms with Crippen LogP contribution in [0.2, 0.25) is 0 Å². The molecule has 1 saturated heterocycles. The number of unbranched alkanes of at least 4 members (excludes halogenated alkanes) is 1. The topological polar surface area (TPSA) is 55.8 Å². The third-order valence-electron chi connectivity index (χ3n) is 6.00. The maximum Gasteiger partial charge on any atom is 0.347 e. The highest BCUT2D eigenvalue weighted by Gasteiger charge is 2.20. The van der Waals surface area contributed by atoms with Gasteiger partial charge in [-0.25, -0.2) is 4.79 Å². The van der Waals surface area contributed by atoms with E-state index in [-0.39, 0.29) is 11.8 Å². The molecular formula is C26H32INO4. The van der Waals surface area contributed by atoms with Crippen LogP contribution in [-0.4, -0.2) is 36.3 Å². The lowest BCUT2D eigenvalue weighted by atomic mass is 9.93. The molecule has 0 spiro atoms. The Labute approximate surface area is 205 Å². The van der Waals surface area contributed by atoms with Crippen LogP contribution in [0.3, 0.4) is 0 Å². The zero-order chi connectivity index (χ0) is 22.8. The van der Waals surface area contributed by atoms with E-state index in [0.29, 0.717) is 24.5 Å². The van der Waals surface area contributed by atoms with Crippen molar-refractivity contribution in [3.63, 3.8) is 0 Å². The molecule has 2 aromatic rings. The molecule has 3 rings (SSSR count). The normalized spacial score (nSPS) is 14.8. The SMILES string of the molecule is CCCCC(CC(=O)c1ccc(OCc2ccc(C(=O)OI)cc2)cc1)CN1CCCC1. The summed E-state index contributed by atoms with van der Waals surface area (Å²) < 4.78 is 10.5. The van der Waals surface area contributed by atoms with Gasteiger partial charge in [-0.3, -0.25) is 4.79 Å². The van der Waals surface area contributed by atoms with Gasteiger partial charge in [-0.1, -0.05) is 31.9 Å². The molecule has 172 valence electrons. The van der Waals surface area contributed by atoms with Gasteiger partial charge in [-0.2, -0.15) is 0 Å². The van der Waals surface area contributed by atoms with E-state index in [1.54, 1.807) is 35.1 Å². The maximum absolute atomic E-state index is 12.9. The molecule has 0 aliphatic carbocycles. The van der Waals surface area contributed by atoms with Crippen molar-refractivity contribution in [1.29, 1.82) is 0 Å². The lowest BCUT2D eigenvalue weighted by Gasteiger charge is -2.23. The second kappa shape index (κ2) is 12.9. The lowest BCUT2D eigenvalue weighted by molar-refractivity contribution is 0.0799. The largest absolute Gasteiger partial charge is 0.489 e. The summed E-state index contributed by atoms with van der Waals surface area (Å²) in [5, 5.41) is 0. The van der Waals surface area contributed by atoms with Crippen LogP contribution in [0.5, 0.6) is 5.75 Å². The molecule has 0 amide bonds. The van der Waals surface area contributed by atoms with Crippen LogP contribution in [0.1, 0.15) is 71.7 Å². The van der Waals surface area contributed by atoms with Crippen LogP contribution < -0.4 is 4.74 Å². The number of halogens is 1. The molecule has 2 aromatic carbocycles. The fourth-order valence-electron chi connectivity index (χ4n) is 4.15. The van der Waals surface area contributed by atoms with Crippen molar-refractivity contribution in [3.8, 4) is 5.75 Å². The van der Waals surface area contributed by atoms with Gasteiger partial charge in [0, 0.05) is 18.5 Å². The predicted octanol–water partition coefficient (Wildman–Crippen LogP) is 6.25. The van der Waals surface area contributed by atoms with Crippen molar-refractivity contribution in [2.75, 3.05) is 19.6 Å².